The second kappa shape index (κ2) is 9.44. The molecule has 2 aromatic carbocycles. The number of benzene rings is 2. The molecule has 1 aromatic heterocycles. The lowest BCUT2D eigenvalue weighted by atomic mass is 9.87. The zero-order valence-corrected chi connectivity index (χ0v) is 19.1. The summed E-state index contributed by atoms with van der Waals surface area (Å²) in [4.78, 5) is 28.5. The first-order chi connectivity index (χ1) is 15.5. The van der Waals surface area contributed by atoms with E-state index in [4.69, 9.17) is 9.47 Å². The first-order valence-electron chi connectivity index (χ1n) is 10.5. The van der Waals surface area contributed by atoms with E-state index in [1.807, 2.05) is 58.8 Å². The molecule has 6 nitrogen and oxygen atoms in total. The van der Waals surface area contributed by atoms with Crippen molar-refractivity contribution in [1.29, 1.82) is 0 Å². The summed E-state index contributed by atoms with van der Waals surface area (Å²) in [5, 5.41) is 4.70. The predicted octanol–water partition coefficient (Wildman–Crippen LogP) is 4.06. The van der Waals surface area contributed by atoms with Gasteiger partial charge in [-0.05, 0) is 53.6 Å². The topological polar surface area (TPSA) is 67.9 Å². The molecule has 2 unspecified atom stereocenters. The summed E-state index contributed by atoms with van der Waals surface area (Å²) >= 11 is 1.35. The van der Waals surface area contributed by atoms with Crippen molar-refractivity contribution >= 4 is 23.2 Å². The summed E-state index contributed by atoms with van der Waals surface area (Å²) in [6, 6.07) is 16.5. The van der Waals surface area contributed by atoms with Gasteiger partial charge in [0.25, 0.3) is 5.91 Å². The highest BCUT2D eigenvalue weighted by molar-refractivity contribution is 7.12. The van der Waals surface area contributed by atoms with Crippen LogP contribution in [-0.2, 0) is 11.2 Å². The van der Waals surface area contributed by atoms with E-state index in [9.17, 15) is 9.59 Å². The Kier molecular flexibility index (Phi) is 6.46. The van der Waals surface area contributed by atoms with E-state index in [1.165, 1.54) is 11.3 Å². The largest absolute Gasteiger partial charge is 0.493 e. The number of rotatable bonds is 6. The van der Waals surface area contributed by atoms with Crippen molar-refractivity contribution in [3.63, 3.8) is 0 Å². The van der Waals surface area contributed by atoms with Crippen molar-refractivity contribution in [1.82, 2.24) is 10.2 Å². The third kappa shape index (κ3) is 4.21. The highest BCUT2D eigenvalue weighted by Gasteiger charge is 2.35. The molecular formula is C25H26N2O4S. The number of amides is 2. The number of nitrogens with zero attached hydrogens (tertiary/aromatic N) is 1. The maximum atomic E-state index is 13.5. The van der Waals surface area contributed by atoms with Crippen molar-refractivity contribution < 1.29 is 19.1 Å². The van der Waals surface area contributed by atoms with Crippen LogP contribution in [0.4, 0.5) is 0 Å². The monoisotopic (exact) mass is 450 g/mol. The van der Waals surface area contributed by atoms with Crippen molar-refractivity contribution in [2.75, 3.05) is 20.8 Å². The minimum atomic E-state index is -0.655. The molecule has 1 aliphatic heterocycles. The van der Waals surface area contributed by atoms with Gasteiger partial charge in [-0.15, -0.1) is 11.3 Å². The number of thiophene rings is 1. The third-order valence-corrected chi connectivity index (χ3v) is 6.60. The lowest BCUT2D eigenvalue weighted by Crippen LogP contribution is -2.50. The molecule has 0 fully saturated rings. The van der Waals surface area contributed by atoms with E-state index in [-0.39, 0.29) is 17.9 Å². The maximum absolute atomic E-state index is 13.5. The van der Waals surface area contributed by atoms with Gasteiger partial charge in [0.05, 0.1) is 25.1 Å². The molecule has 0 bridgehead atoms. The Morgan fingerprint density at radius 1 is 1.06 bits per heavy atom. The number of carbonyl (C=O) groups is 2. The molecule has 0 saturated heterocycles. The summed E-state index contributed by atoms with van der Waals surface area (Å²) in [6.07, 6.45) is 0.691. The molecule has 2 heterocycles. The van der Waals surface area contributed by atoms with E-state index in [0.29, 0.717) is 29.3 Å². The SMILES string of the molecule is COc1cc2c(cc1OC)C(c1ccccc1)N(C(=O)C(C)NC(=O)c1cccs1)CC2. The third-order valence-electron chi connectivity index (χ3n) is 5.74. The van der Waals surface area contributed by atoms with Crippen LogP contribution in [0.25, 0.3) is 0 Å². The smallest absolute Gasteiger partial charge is 0.261 e. The Labute approximate surface area is 191 Å². The minimum Gasteiger partial charge on any atom is -0.493 e. The van der Waals surface area contributed by atoms with E-state index < -0.39 is 6.04 Å². The molecule has 3 aromatic rings. The number of methoxy groups -OCH3 is 2. The lowest BCUT2D eigenvalue weighted by molar-refractivity contribution is -0.135. The van der Waals surface area contributed by atoms with Gasteiger partial charge >= 0.3 is 0 Å². The lowest BCUT2D eigenvalue weighted by Gasteiger charge is -2.39. The van der Waals surface area contributed by atoms with Gasteiger partial charge in [-0.3, -0.25) is 9.59 Å². The molecule has 166 valence electrons. The Bertz CT molecular complexity index is 1100. The molecular weight excluding hydrogens is 424 g/mol. The average Bonchev–Trinajstić information content (AvgIpc) is 3.37. The fourth-order valence-corrected chi connectivity index (χ4v) is 4.79. The van der Waals surface area contributed by atoms with E-state index in [0.717, 1.165) is 16.7 Å². The van der Waals surface area contributed by atoms with Crippen molar-refractivity contribution in [2.45, 2.75) is 25.4 Å². The van der Waals surface area contributed by atoms with Crippen LogP contribution >= 0.6 is 11.3 Å². The van der Waals surface area contributed by atoms with Crippen LogP contribution in [0.1, 0.15) is 39.3 Å². The minimum absolute atomic E-state index is 0.121. The number of carbonyl (C=O) groups excluding carboxylic acids is 2. The van der Waals surface area contributed by atoms with E-state index in [1.54, 1.807) is 27.2 Å². The highest BCUT2D eigenvalue weighted by Crippen LogP contribution is 2.41. The van der Waals surface area contributed by atoms with Crippen LogP contribution in [0, 0.1) is 0 Å². The first kappa shape index (κ1) is 21.9. The Balaban J connectivity index is 1.69. The summed E-state index contributed by atoms with van der Waals surface area (Å²) < 4.78 is 11.0. The number of ether oxygens (including phenoxy) is 2. The molecule has 2 amide bonds. The van der Waals surface area contributed by atoms with Crippen LogP contribution in [0.5, 0.6) is 11.5 Å². The second-order valence-corrected chi connectivity index (χ2v) is 8.62. The number of fused-ring (bicyclic) bond motifs is 1. The number of nitrogens with one attached hydrogen (secondary N) is 1. The van der Waals surface area contributed by atoms with Gasteiger partial charge in [0.1, 0.15) is 6.04 Å². The fraction of sp³-hybridized carbons (Fsp3) is 0.280. The van der Waals surface area contributed by atoms with Crippen LogP contribution in [-0.4, -0.2) is 43.5 Å². The molecule has 0 aliphatic carbocycles. The summed E-state index contributed by atoms with van der Waals surface area (Å²) in [5.41, 5.74) is 3.13. The average molecular weight is 451 g/mol. The Morgan fingerprint density at radius 2 is 1.78 bits per heavy atom. The summed E-state index contributed by atoms with van der Waals surface area (Å²) in [7, 11) is 3.23. The highest BCUT2D eigenvalue weighted by atomic mass is 32.1. The standard InChI is InChI=1S/C25H26N2O4S/c1-16(26-24(28)22-10-7-13-32-22)25(29)27-12-11-18-14-20(30-2)21(31-3)15-19(18)23(27)17-8-5-4-6-9-17/h4-10,13-16,23H,11-12H2,1-3H3,(H,26,28). The van der Waals surface area contributed by atoms with Gasteiger partial charge in [-0.1, -0.05) is 36.4 Å². The molecule has 1 N–H and O–H groups in total. The van der Waals surface area contributed by atoms with Gasteiger partial charge in [-0.2, -0.15) is 0 Å². The molecule has 7 heteroatoms. The van der Waals surface area contributed by atoms with E-state index >= 15 is 0 Å². The molecule has 32 heavy (non-hydrogen) atoms. The molecule has 2 atom stereocenters. The quantitative estimate of drug-likeness (QED) is 0.615. The van der Waals surface area contributed by atoms with Crippen molar-refractivity contribution in [3.05, 3.63) is 81.5 Å². The van der Waals surface area contributed by atoms with Crippen molar-refractivity contribution in [2.24, 2.45) is 0 Å². The molecule has 0 spiro atoms. The first-order valence-corrected chi connectivity index (χ1v) is 11.4. The zero-order valence-electron chi connectivity index (χ0n) is 18.3. The summed E-state index contributed by atoms with van der Waals surface area (Å²) in [5.74, 6) is 0.945. The van der Waals surface area contributed by atoms with Gasteiger partial charge in [-0.25, -0.2) is 0 Å². The predicted molar refractivity (Wildman–Crippen MR) is 124 cm³/mol. The van der Waals surface area contributed by atoms with Crippen LogP contribution in [0.15, 0.2) is 60.0 Å². The molecule has 0 saturated carbocycles. The fourth-order valence-electron chi connectivity index (χ4n) is 4.16. The molecule has 1 aliphatic rings. The van der Waals surface area contributed by atoms with Gasteiger partial charge in [0.15, 0.2) is 11.5 Å². The van der Waals surface area contributed by atoms with Gasteiger partial charge in [0, 0.05) is 6.54 Å². The number of hydrogen-bond donors (Lipinski definition) is 1. The Hall–Kier alpha value is -3.32. The normalized spacial score (nSPS) is 16.1. The number of hydrogen-bond acceptors (Lipinski definition) is 5. The van der Waals surface area contributed by atoms with Gasteiger partial charge in [0.2, 0.25) is 5.91 Å². The summed E-state index contributed by atoms with van der Waals surface area (Å²) in [6.45, 7) is 2.28. The van der Waals surface area contributed by atoms with Crippen molar-refractivity contribution in [3.8, 4) is 11.5 Å². The van der Waals surface area contributed by atoms with Crippen LogP contribution in [0.2, 0.25) is 0 Å². The van der Waals surface area contributed by atoms with Crippen LogP contribution < -0.4 is 14.8 Å². The Morgan fingerprint density at radius 3 is 2.44 bits per heavy atom. The second-order valence-electron chi connectivity index (χ2n) is 7.67. The maximum Gasteiger partial charge on any atom is 0.261 e. The molecule has 4 rings (SSSR count). The van der Waals surface area contributed by atoms with Crippen LogP contribution in [0.3, 0.4) is 0 Å². The van der Waals surface area contributed by atoms with E-state index in [2.05, 4.69) is 5.32 Å². The zero-order chi connectivity index (χ0) is 22.7. The van der Waals surface area contributed by atoms with Gasteiger partial charge < -0.3 is 19.7 Å². The molecule has 0 radical (unpaired) electrons.